The van der Waals surface area contributed by atoms with Gasteiger partial charge >= 0.3 is 0 Å². The van der Waals surface area contributed by atoms with Crippen molar-refractivity contribution in [3.05, 3.63) is 89.9 Å². The molecule has 1 amide bonds. The molecule has 2 aromatic carbocycles. The van der Waals surface area contributed by atoms with Crippen LogP contribution in [0, 0.1) is 0 Å². The zero-order valence-electron chi connectivity index (χ0n) is 14.4. The molecule has 0 unspecified atom stereocenters. The molecular formula is C21H21NO3S. The first kappa shape index (κ1) is 18.3. The molecule has 3 aromatic rings. The fraction of sp³-hybridized carbons (Fsp3) is 0.190. The normalized spacial score (nSPS) is 10.7. The highest BCUT2D eigenvalue weighted by Crippen LogP contribution is 2.25. The van der Waals surface area contributed by atoms with Crippen LogP contribution in [0.1, 0.15) is 21.7 Å². The molecule has 134 valence electrons. The van der Waals surface area contributed by atoms with Crippen molar-refractivity contribution in [3.8, 4) is 0 Å². The standard InChI is InChI=1S/C21H21NO3S/c23-13-12-22(15-17-7-3-1-4-8-17)21(24)20-18(11-14-25-20)16-26-19-9-5-2-6-10-19/h1-11,14,23H,12-13,15-16H2. The number of benzene rings is 2. The van der Waals surface area contributed by atoms with Gasteiger partial charge in [0.15, 0.2) is 5.76 Å². The Morgan fingerprint density at radius 2 is 1.69 bits per heavy atom. The first-order valence-electron chi connectivity index (χ1n) is 8.46. The molecule has 0 aliphatic rings. The minimum atomic E-state index is -0.198. The lowest BCUT2D eigenvalue weighted by molar-refractivity contribution is 0.0675. The van der Waals surface area contributed by atoms with Gasteiger partial charge in [-0.2, -0.15) is 0 Å². The average Bonchev–Trinajstić information content (AvgIpc) is 3.16. The van der Waals surface area contributed by atoms with E-state index in [1.54, 1.807) is 22.9 Å². The summed E-state index contributed by atoms with van der Waals surface area (Å²) in [6.07, 6.45) is 1.55. The molecule has 0 bridgehead atoms. The second-order valence-corrected chi connectivity index (χ2v) is 6.86. The van der Waals surface area contributed by atoms with E-state index in [-0.39, 0.29) is 19.1 Å². The molecule has 1 aromatic heterocycles. The number of aliphatic hydroxyl groups excluding tert-OH is 1. The number of amides is 1. The van der Waals surface area contributed by atoms with Gasteiger partial charge in [-0.15, -0.1) is 11.8 Å². The number of nitrogens with zero attached hydrogens (tertiary/aromatic N) is 1. The van der Waals surface area contributed by atoms with E-state index in [1.807, 2.05) is 66.7 Å². The largest absolute Gasteiger partial charge is 0.459 e. The highest BCUT2D eigenvalue weighted by atomic mass is 32.2. The van der Waals surface area contributed by atoms with Crippen molar-refractivity contribution < 1.29 is 14.3 Å². The van der Waals surface area contributed by atoms with Crippen molar-refractivity contribution in [2.45, 2.75) is 17.2 Å². The van der Waals surface area contributed by atoms with Gasteiger partial charge in [0.2, 0.25) is 0 Å². The molecule has 0 aliphatic heterocycles. The molecule has 3 rings (SSSR count). The third kappa shape index (κ3) is 4.77. The smallest absolute Gasteiger partial charge is 0.290 e. The van der Waals surface area contributed by atoms with Crippen LogP contribution in [0.2, 0.25) is 0 Å². The van der Waals surface area contributed by atoms with Gasteiger partial charge < -0.3 is 14.4 Å². The van der Waals surface area contributed by atoms with E-state index in [4.69, 9.17) is 4.42 Å². The number of carbonyl (C=O) groups is 1. The molecule has 5 heteroatoms. The zero-order valence-corrected chi connectivity index (χ0v) is 15.2. The molecule has 0 fully saturated rings. The van der Waals surface area contributed by atoms with Crippen LogP contribution >= 0.6 is 11.8 Å². The summed E-state index contributed by atoms with van der Waals surface area (Å²) < 4.78 is 5.49. The fourth-order valence-corrected chi connectivity index (χ4v) is 3.53. The number of hydrogen-bond donors (Lipinski definition) is 1. The van der Waals surface area contributed by atoms with Crippen LogP contribution in [0.15, 0.2) is 82.3 Å². The van der Waals surface area contributed by atoms with Crippen molar-refractivity contribution in [1.82, 2.24) is 4.90 Å². The average molecular weight is 367 g/mol. The molecule has 0 saturated carbocycles. The maximum absolute atomic E-state index is 12.9. The summed E-state index contributed by atoms with van der Waals surface area (Å²) in [5.74, 6) is 0.800. The summed E-state index contributed by atoms with van der Waals surface area (Å²) in [6, 6.07) is 21.6. The van der Waals surface area contributed by atoms with Gasteiger partial charge in [-0.1, -0.05) is 48.5 Å². The Balaban J connectivity index is 1.72. The highest BCUT2D eigenvalue weighted by Gasteiger charge is 2.22. The summed E-state index contributed by atoms with van der Waals surface area (Å²) in [6.45, 7) is 0.610. The van der Waals surface area contributed by atoms with Crippen LogP contribution < -0.4 is 0 Å². The number of thioether (sulfide) groups is 1. The van der Waals surface area contributed by atoms with E-state index in [0.29, 0.717) is 18.1 Å². The summed E-state index contributed by atoms with van der Waals surface area (Å²) in [5, 5.41) is 9.35. The van der Waals surface area contributed by atoms with Gasteiger partial charge in [0.05, 0.1) is 12.9 Å². The van der Waals surface area contributed by atoms with Crippen molar-refractivity contribution in [3.63, 3.8) is 0 Å². The third-order valence-electron chi connectivity index (χ3n) is 3.95. The SMILES string of the molecule is O=C(c1occc1CSc1ccccc1)N(CCO)Cc1ccccc1. The number of furan rings is 1. The number of rotatable bonds is 8. The van der Waals surface area contributed by atoms with E-state index in [9.17, 15) is 9.90 Å². The Morgan fingerprint density at radius 1 is 1.00 bits per heavy atom. The van der Waals surface area contributed by atoms with Crippen molar-refractivity contribution >= 4 is 17.7 Å². The summed E-state index contributed by atoms with van der Waals surface area (Å²) in [5.41, 5.74) is 1.88. The zero-order chi connectivity index (χ0) is 18.2. The molecule has 0 radical (unpaired) electrons. The Labute approximate surface area is 157 Å². The van der Waals surface area contributed by atoms with Gasteiger partial charge in [0.1, 0.15) is 0 Å². The monoisotopic (exact) mass is 367 g/mol. The Morgan fingerprint density at radius 3 is 2.38 bits per heavy atom. The first-order chi connectivity index (χ1) is 12.8. The molecule has 1 heterocycles. The molecular weight excluding hydrogens is 346 g/mol. The summed E-state index contributed by atoms with van der Waals surface area (Å²) in [7, 11) is 0. The summed E-state index contributed by atoms with van der Waals surface area (Å²) >= 11 is 1.66. The lowest BCUT2D eigenvalue weighted by Gasteiger charge is -2.21. The van der Waals surface area contributed by atoms with Gasteiger partial charge in [-0.3, -0.25) is 4.79 Å². The quantitative estimate of drug-likeness (QED) is 0.606. The molecule has 4 nitrogen and oxygen atoms in total. The second-order valence-electron chi connectivity index (χ2n) is 5.81. The maximum Gasteiger partial charge on any atom is 0.290 e. The molecule has 0 atom stereocenters. The van der Waals surface area contributed by atoms with Gasteiger partial charge in [0.25, 0.3) is 5.91 Å². The molecule has 0 aliphatic carbocycles. The van der Waals surface area contributed by atoms with Gasteiger partial charge in [-0.25, -0.2) is 0 Å². The number of hydrogen-bond acceptors (Lipinski definition) is 4. The highest BCUT2D eigenvalue weighted by molar-refractivity contribution is 7.98. The maximum atomic E-state index is 12.9. The Hall–Kier alpha value is -2.50. The molecule has 26 heavy (non-hydrogen) atoms. The Kier molecular flexibility index (Phi) is 6.52. The Bertz CT molecular complexity index is 818. The van der Waals surface area contributed by atoms with Crippen LogP contribution in [0.25, 0.3) is 0 Å². The van der Waals surface area contributed by atoms with E-state index >= 15 is 0 Å². The second kappa shape index (κ2) is 9.27. The van der Waals surface area contributed by atoms with Crippen LogP contribution in [0.5, 0.6) is 0 Å². The number of aliphatic hydroxyl groups is 1. The van der Waals surface area contributed by atoms with Crippen LogP contribution in [0.3, 0.4) is 0 Å². The molecule has 0 spiro atoms. The van der Waals surface area contributed by atoms with Crippen LogP contribution in [0.4, 0.5) is 0 Å². The molecule has 1 N–H and O–H groups in total. The van der Waals surface area contributed by atoms with E-state index in [1.165, 1.54) is 0 Å². The van der Waals surface area contributed by atoms with E-state index in [0.717, 1.165) is 16.0 Å². The van der Waals surface area contributed by atoms with Gasteiger partial charge in [-0.05, 0) is 23.8 Å². The minimum absolute atomic E-state index is 0.0899. The lowest BCUT2D eigenvalue weighted by atomic mass is 10.2. The van der Waals surface area contributed by atoms with Crippen molar-refractivity contribution in [2.24, 2.45) is 0 Å². The van der Waals surface area contributed by atoms with Crippen LogP contribution in [-0.4, -0.2) is 29.1 Å². The topological polar surface area (TPSA) is 53.7 Å². The minimum Gasteiger partial charge on any atom is -0.459 e. The summed E-state index contributed by atoms with van der Waals surface area (Å²) in [4.78, 5) is 15.7. The number of carbonyl (C=O) groups excluding carboxylic acids is 1. The first-order valence-corrected chi connectivity index (χ1v) is 9.45. The van der Waals surface area contributed by atoms with E-state index in [2.05, 4.69) is 0 Å². The molecule has 0 saturated heterocycles. The van der Waals surface area contributed by atoms with Crippen LogP contribution in [-0.2, 0) is 12.3 Å². The fourth-order valence-electron chi connectivity index (χ4n) is 2.64. The third-order valence-corrected chi connectivity index (χ3v) is 5.01. The van der Waals surface area contributed by atoms with Crippen molar-refractivity contribution in [2.75, 3.05) is 13.2 Å². The lowest BCUT2D eigenvalue weighted by Crippen LogP contribution is -2.33. The van der Waals surface area contributed by atoms with Crippen molar-refractivity contribution in [1.29, 1.82) is 0 Å². The predicted molar refractivity (Wildman–Crippen MR) is 103 cm³/mol. The van der Waals surface area contributed by atoms with E-state index < -0.39 is 0 Å². The van der Waals surface area contributed by atoms with Gasteiger partial charge in [0, 0.05) is 29.3 Å². The predicted octanol–water partition coefficient (Wildman–Crippen LogP) is 4.21.